The Bertz CT molecular complexity index is 1080. The number of allylic oxidation sites excluding steroid dienone is 10. The van der Waals surface area contributed by atoms with Crippen molar-refractivity contribution in [2.45, 2.75) is 174 Å². The van der Waals surface area contributed by atoms with Gasteiger partial charge in [0.2, 0.25) is 0 Å². The second-order valence-electron chi connectivity index (χ2n) is 13.6. The van der Waals surface area contributed by atoms with Gasteiger partial charge < -0.3 is 24.6 Å². The van der Waals surface area contributed by atoms with Crippen molar-refractivity contribution in [2.24, 2.45) is 0 Å². The topological polar surface area (TPSA) is 149 Å². The van der Waals surface area contributed by atoms with Gasteiger partial charge in [0.25, 0.3) is 0 Å². The molecule has 0 bridgehead atoms. The van der Waals surface area contributed by atoms with E-state index in [1.165, 1.54) is 51.4 Å². The zero-order valence-corrected chi connectivity index (χ0v) is 34.6. The van der Waals surface area contributed by atoms with E-state index in [4.69, 9.17) is 19.1 Å². The van der Waals surface area contributed by atoms with Crippen LogP contribution in [0.2, 0.25) is 0 Å². The summed E-state index contributed by atoms with van der Waals surface area (Å²) in [5.41, 5.74) is 0. The van der Waals surface area contributed by atoms with Crippen LogP contribution in [0, 0.1) is 0 Å². The molecule has 0 fully saturated rings. The Morgan fingerprint density at radius 1 is 0.574 bits per heavy atom. The molecule has 0 aliphatic rings. The third kappa shape index (κ3) is 38.0. The van der Waals surface area contributed by atoms with Gasteiger partial charge in [-0.15, -0.1) is 0 Å². The normalized spacial score (nSPS) is 14.5. The van der Waals surface area contributed by atoms with Crippen molar-refractivity contribution in [1.82, 2.24) is 0 Å². The van der Waals surface area contributed by atoms with Crippen LogP contribution in [0.5, 0.6) is 0 Å². The van der Waals surface area contributed by atoms with Crippen LogP contribution in [0.3, 0.4) is 0 Å². The molecule has 0 radical (unpaired) electrons. The Morgan fingerprint density at radius 3 is 1.54 bits per heavy atom. The zero-order valence-electron chi connectivity index (χ0n) is 33.7. The first-order valence-electron chi connectivity index (χ1n) is 20.7. The molecular weight excluding hydrogens is 707 g/mol. The van der Waals surface area contributed by atoms with Crippen molar-refractivity contribution in [3.63, 3.8) is 0 Å². The summed E-state index contributed by atoms with van der Waals surface area (Å²) in [5, 5.41) is 18.3. The van der Waals surface area contributed by atoms with E-state index in [-0.39, 0.29) is 19.4 Å². The SMILES string of the molecule is CC/C=C/C/C=C/C/C=C/C/C=C/C/C=C/CCCCCC(=O)OC[C@@H](COP(=O)(O)OC[C@H](O)CO)OC(=O)CCCCCCCCCCCCCC. The Kier molecular flexibility index (Phi) is 37.2. The molecule has 3 atom stereocenters. The minimum Gasteiger partial charge on any atom is -0.462 e. The summed E-state index contributed by atoms with van der Waals surface area (Å²) in [6, 6.07) is 0. The molecule has 1 unspecified atom stereocenters. The van der Waals surface area contributed by atoms with Crippen LogP contribution in [0.1, 0.15) is 162 Å². The monoisotopic (exact) mass is 783 g/mol. The molecule has 3 N–H and O–H groups in total. The maximum Gasteiger partial charge on any atom is 0.472 e. The highest BCUT2D eigenvalue weighted by molar-refractivity contribution is 7.47. The summed E-state index contributed by atoms with van der Waals surface area (Å²) >= 11 is 0. The van der Waals surface area contributed by atoms with E-state index in [1.807, 2.05) is 0 Å². The number of phosphoric ester groups is 1. The number of aliphatic hydroxyl groups is 2. The van der Waals surface area contributed by atoms with Crippen LogP contribution in [0.4, 0.5) is 0 Å². The minimum atomic E-state index is -4.62. The van der Waals surface area contributed by atoms with Gasteiger partial charge in [-0.1, -0.05) is 152 Å². The minimum absolute atomic E-state index is 0.176. The first kappa shape index (κ1) is 51.7. The summed E-state index contributed by atoms with van der Waals surface area (Å²) in [6.45, 7) is 2.21. The molecule has 54 heavy (non-hydrogen) atoms. The maximum absolute atomic E-state index is 12.6. The number of carbonyl (C=O) groups excluding carboxylic acids is 2. The lowest BCUT2D eigenvalue weighted by atomic mass is 10.0. The van der Waals surface area contributed by atoms with Crippen LogP contribution in [-0.2, 0) is 32.7 Å². The molecule has 0 heterocycles. The standard InChI is InChI=1S/C43H75O10P/c1-3-5-7-9-11-13-15-17-18-19-20-21-22-23-25-26-28-30-32-34-42(46)50-38-41(39-52-54(48,49)51-37-40(45)36-44)53-43(47)35-33-31-29-27-24-16-14-12-10-8-6-4-2/h5,7,11,13,17-18,20-21,23,25,40-41,44-45H,3-4,6,8-10,12,14-16,19,22,24,26-39H2,1-2H3,(H,48,49)/b7-5+,13-11+,18-17+,21-20+,25-23+/t40-,41+/m1/s1. The third-order valence-corrected chi connectivity index (χ3v) is 9.39. The fraction of sp³-hybridized carbons (Fsp3) is 0.721. The second kappa shape index (κ2) is 38.9. The molecule has 0 spiro atoms. The number of rotatable bonds is 38. The maximum atomic E-state index is 12.6. The van der Waals surface area contributed by atoms with Gasteiger partial charge in [-0.25, -0.2) is 4.57 Å². The first-order valence-corrected chi connectivity index (χ1v) is 22.2. The van der Waals surface area contributed by atoms with Crippen molar-refractivity contribution in [1.29, 1.82) is 0 Å². The molecule has 0 amide bonds. The van der Waals surface area contributed by atoms with E-state index < -0.39 is 51.8 Å². The number of unbranched alkanes of at least 4 members (excludes halogenated alkanes) is 14. The molecule has 0 aromatic carbocycles. The Morgan fingerprint density at radius 2 is 1.02 bits per heavy atom. The largest absolute Gasteiger partial charge is 0.472 e. The summed E-state index contributed by atoms with van der Waals surface area (Å²) in [6.07, 6.45) is 41.9. The number of aliphatic hydroxyl groups excluding tert-OH is 2. The molecule has 0 aromatic heterocycles. The predicted molar refractivity (Wildman–Crippen MR) is 219 cm³/mol. The summed E-state index contributed by atoms with van der Waals surface area (Å²) in [4.78, 5) is 34.9. The lowest BCUT2D eigenvalue weighted by Crippen LogP contribution is -2.29. The van der Waals surface area contributed by atoms with Gasteiger partial charge in [0, 0.05) is 12.8 Å². The molecule has 11 heteroatoms. The van der Waals surface area contributed by atoms with Crippen molar-refractivity contribution in [2.75, 3.05) is 26.4 Å². The second-order valence-corrected chi connectivity index (χ2v) is 15.1. The van der Waals surface area contributed by atoms with E-state index in [2.05, 4.69) is 79.1 Å². The van der Waals surface area contributed by atoms with Gasteiger partial charge in [-0.05, 0) is 57.8 Å². The fourth-order valence-electron chi connectivity index (χ4n) is 5.25. The Labute approximate surface area is 327 Å². The molecule has 0 saturated carbocycles. The van der Waals surface area contributed by atoms with E-state index in [0.29, 0.717) is 12.8 Å². The molecule has 312 valence electrons. The molecule has 10 nitrogen and oxygen atoms in total. The van der Waals surface area contributed by atoms with Crippen LogP contribution in [0.15, 0.2) is 60.8 Å². The highest BCUT2D eigenvalue weighted by Crippen LogP contribution is 2.43. The van der Waals surface area contributed by atoms with Gasteiger partial charge in [0.15, 0.2) is 6.10 Å². The van der Waals surface area contributed by atoms with Crippen LogP contribution >= 0.6 is 7.82 Å². The van der Waals surface area contributed by atoms with Gasteiger partial charge in [-0.3, -0.25) is 18.6 Å². The summed E-state index contributed by atoms with van der Waals surface area (Å²) in [7, 11) is -4.62. The number of ether oxygens (including phenoxy) is 2. The first-order chi connectivity index (χ1) is 26.2. The van der Waals surface area contributed by atoms with Gasteiger partial charge >= 0.3 is 19.8 Å². The molecular formula is C43H75O10P. The number of hydrogen-bond donors (Lipinski definition) is 3. The number of phosphoric acid groups is 1. The predicted octanol–water partition coefficient (Wildman–Crippen LogP) is 10.7. The molecule has 0 aliphatic carbocycles. The molecule has 0 rings (SSSR count). The van der Waals surface area contributed by atoms with Crippen molar-refractivity contribution in [3.05, 3.63) is 60.8 Å². The average Bonchev–Trinajstić information content (AvgIpc) is 3.16. The zero-order chi connectivity index (χ0) is 39.8. The van der Waals surface area contributed by atoms with Crippen molar-refractivity contribution in [3.8, 4) is 0 Å². The summed E-state index contributed by atoms with van der Waals surface area (Å²) in [5.74, 6) is -0.965. The number of carbonyl (C=O) groups is 2. The lowest BCUT2D eigenvalue weighted by Gasteiger charge is -2.20. The number of hydrogen-bond acceptors (Lipinski definition) is 9. The lowest BCUT2D eigenvalue weighted by molar-refractivity contribution is -0.161. The Balaban J connectivity index is 4.37. The molecule has 0 aliphatic heterocycles. The molecule has 0 aromatic rings. The fourth-order valence-corrected chi connectivity index (χ4v) is 6.04. The number of esters is 2. The smallest absolute Gasteiger partial charge is 0.462 e. The van der Waals surface area contributed by atoms with Crippen LogP contribution in [-0.4, -0.2) is 65.7 Å². The van der Waals surface area contributed by atoms with E-state index in [0.717, 1.165) is 70.6 Å². The van der Waals surface area contributed by atoms with Gasteiger partial charge in [0.1, 0.15) is 12.7 Å². The van der Waals surface area contributed by atoms with E-state index >= 15 is 0 Å². The third-order valence-electron chi connectivity index (χ3n) is 8.44. The van der Waals surface area contributed by atoms with Crippen LogP contribution < -0.4 is 0 Å². The Hall–Kier alpha value is -2.33. The quantitative estimate of drug-likeness (QED) is 0.0239. The highest BCUT2D eigenvalue weighted by Gasteiger charge is 2.27. The van der Waals surface area contributed by atoms with Crippen molar-refractivity contribution < 1.29 is 47.8 Å². The van der Waals surface area contributed by atoms with Gasteiger partial charge in [0.05, 0.1) is 19.8 Å². The highest BCUT2D eigenvalue weighted by atomic mass is 31.2. The van der Waals surface area contributed by atoms with E-state index in [9.17, 15) is 24.2 Å². The average molecular weight is 783 g/mol. The molecule has 0 saturated heterocycles. The van der Waals surface area contributed by atoms with Crippen molar-refractivity contribution >= 4 is 19.8 Å². The van der Waals surface area contributed by atoms with Gasteiger partial charge in [-0.2, -0.15) is 0 Å². The van der Waals surface area contributed by atoms with E-state index in [1.54, 1.807) is 0 Å². The summed E-state index contributed by atoms with van der Waals surface area (Å²) < 4.78 is 32.6. The van der Waals surface area contributed by atoms with Crippen LogP contribution in [0.25, 0.3) is 0 Å².